The summed E-state index contributed by atoms with van der Waals surface area (Å²) in [5.74, 6) is 2.35. The molecule has 0 bridgehead atoms. The molecule has 1 aromatic heterocycles. The first-order chi connectivity index (χ1) is 30.3. The smallest absolute Gasteiger partial charge is 0.178 e. The predicted octanol–water partition coefficient (Wildman–Crippen LogP) is 15.5. The van der Waals surface area contributed by atoms with Crippen molar-refractivity contribution in [1.29, 1.82) is 0 Å². The van der Waals surface area contributed by atoms with Crippen LogP contribution in [0, 0.1) is 0 Å². The van der Waals surface area contributed by atoms with Crippen molar-refractivity contribution in [3.63, 3.8) is 0 Å². The van der Waals surface area contributed by atoms with E-state index in [2.05, 4.69) is 228 Å². The minimum atomic E-state index is -0.868. The molecule has 4 nitrogen and oxygen atoms in total. The fourth-order valence-corrected chi connectivity index (χ4v) is 9.66. The fraction of sp³-hybridized carbons (Fsp3) is 0.0175. The second-order valence-electron chi connectivity index (χ2n) is 15.7. The van der Waals surface area contributed by atoms with Gasteiger partial charge in [-0.15, -0.1) is 0 Å². The number of furan rings is 1. The Morgan fingerprint density at radius 3 is 1.44 bits per heavy atom. The second kappa shape index (κ2) is 14.0. The number of fused-ring (bicyclic) bond motifs is 11. The maximum atomic E-state index is 7.15. The first-order valence-electron chi connectivity index (χ1n) is 20.8. The van der Waals surface area contributed by atoms with Crippen LogP contribution in [0.5, 0.6) is 11.5 Å². The number of hydrogen-bond acceptors (Lipinski definition) is 4. The van der Waals surface area contributed by atoms with E-state index in [1.165, 1.54) is 5.56 Å². The van der Waals surface area contributed by atoms with Crippen molar-refractivity contribution in [2.24, 2.45) is 0 Å². The van der Waals surface area contributed by atoms with E-state index < -0.39 is 5.41 Å². The Balaban J connectivity index is 1.15. The molecule has 9 aromatic carbocycles. The van der Waals surface area contributed by atoms with E-state index >= 15 is 0 Å². The predicted molar refractivity (Wildman–Crippen MR) is 248 cm³/mol. The molecule has 1 aliphatic carbocycles. The summed E-state index contributed by atoms with van der Waals surface area (Å²) in [6.45, 7) is 0. The third-order valence-corrected chi connectivity index (χ3v) is 12.3. The van der Waals surface area contributed by atoms with Gasteiger partial charge in [0.05, 0.1) is 5.39 Å². The van der Waals surface area contributed by atoms with Crippen LogP contribution in [0.4, 0.5) is 34.1 Å². The van der Waals surface area contributed by atoms with Gasteiger partial charge in [-0.05, 0) is 124 Å². The van der Waals surface area contributed by atoms with E-state index in [9.17, 15) is 0 Å². The largest absolute Gasteiger partial charge is 0.455 e. The van der Waals surface area contributed by atoms with Gasteiger partial charge in [0.15, 0.2) is 11.5 Å². The van der Waals surface area contributed by atoms with E-state index in [-0.39, 0.29) is 0 Å². The molecule has 10 aromatic rings. The molecule has 0 radical (unpaired) electrons. The van der Waals surface area contributed by atoms with Crippen molar-refractivity contribution < 1.29 is 9.15 Å². The topological polar surface area (TPSA) is 28.9 Å². The highest BCUT2D eigenvalue weighted by Crippen LogP contribution is 2.65. The molecule has 0 saturated heterocycles. The molecule has 0 fully saturated rings. The van der Waals surface area contributed by atoms with Crippen molar-refractivity contribution in [3.8, 4) is 33.8 Å². The molecule has 1 atom stereocenters. The first kappa shape index (κ1) is 34.9. The maximum Gasteiger partial charge on any atom is 0.178 e. The van der Waals surface area contributed by atoms with Crippen LogP contribution in [0.3, 0.4) is 0 Å². The highest BCUT2D eigenvalue weighted by atomic mass is 16.5. The van der Waals surface area contributed by atoms with Gasteiger partial charge < -0.3 is 19.0 Å². The Labute approximate surface area is 354 Å². The molecule has 288 valence electrons. The molecule has 61 heavy (non-hydrogen) atoms. The van der Waals surface area contributed by atoms with Crippen LogP contribution >= 0.6 is 0 Å². The molecule has 12 rings (SSSR count). The molecule has 4 heteroatoms. The minimum absolute atomic E-state index is 0.752. The summed E-state index contributed by atoms with van der Waals surface area (Å²) < 4.78 is 14.1. The van der Waals surface area contributed by atoms with Crippen molar-refractivity contribution in [2.75, 3.05) is 9.80 Å². The maximum absolute atomic E-state index is 7.15. The van der Waals surface area contributed by atoms with Gasteiger partial charge in [0.1, 0.15) is 16.7 Å². The lowest BCUT2D eigenvalue weighted by molar-refractivity contribution is 0.389. The minimum Gasteiger partial charge on any atom is -0.455 e. The van der Waals surface area contributed by atoms with Gasteiger partial charge in [-0.25, -0.2) is 0 Å². The number of anilines is 6. The monoisotopic (exact) mass is 782 g/mol. The van der Waals surface area contributed by atoms with Gasteiger partial charge >= 0.3 is 0 Å². The Hall–Kier alpha value is -8.08. The summed E-state index contributed by atoms with van der Waals surface area (Å²) in [4.78, 5) is 4.70. The van der Waals surface area contributed by atoms with Gasteiger partial charge in [0.2, 0.25) is 0 Å². The van der Waals surface area contributed by atoms with E-state index in [4.69, 9.17) is 9.15 Å². The van der Waals surface area contributed by atoms with Gasteiger partial charge in [0.25, 0.3) is 0 Å². The lowest BCUT2D eigenvalue weighted by Gasteiger charge is -2.37. The number of nitrogens with zero attached hydrogens (tertiary/aromatic N) is 2. The standard InChI is InChI=1S/C57H38N2O2/c1-5-18-39(19-6-1)40-20-17-27-44(36-40)59(43-25-11-4-12-26-43)46-33-35-48-47-34-32-45(58(41-21-7-2-8-22-41)42-23-9-3-10-24-42)37-51(47)57(52(48)38-46)50-29-14-16-31-54(50)60-55-49-28-13-15-30-53(49)61-56(55)57/h1-38H. The Morgan fingerprint density at radius 2 is 0.820 bits per heavy atom. The van der Waals surface area contributed by atoms with Gasteiger partial charge in [0, 0.05) is 39.7 Å². The Bertz CT molecular complexity index is 3190. The normalized spacial score (nSPS) is 14.4. The van der Waals surface area contributed by atoms with Crippen molar-refractivity contribution in [3.05, 3.63) is 253 Å². The third kappa shape index (κ3) is 5.46. The summed E-state index contributed by atoms with van der Waals surface area (Å²) in [7, 11) is 0. The lowest BCUT2D eigenvalue weighted by atomic mass is 9.68. The van der Waals surface area contributed by atoms with Crippen LogP contribution in [-0.2, 0) is 5.41 Å². The molecular weight excluding hydrogens is 745 g/mol. The zero-order valence-electron chi connectivity index (χ0n) is 33.2. The highest BCUT2D eigenvalue weighted by molar-refractivity contribution is 5.96. The third-order valence-electron chi connectivity index (χ3n) is 12.3. The molecule has 2 heterocycles. The van der Waals surface area contributed by atoms with E-state index in [1.54, 1.807) is 0 Å². The van der Waals surface area contributed by atoms with Gasteiger partial charge in [-0.2, -0.15) is 0 Å². The average molecular weight is 783 g/mol. The van der Waals surface area contributed by atoms with Crippen LogP contribution in [-0.4, -0.2) is 0 Å². The number of para-hydroxylation sites is 5. The molecule has 0 N–H and O–H groups in total. The second-order valence-corrected chi connectivity index (χ2v) is 15.7. The molecule has 1 aliphatic heterocycles. The number of ether oxygens (including phenoxy) is 1. The molecular formula is C57H38N2O2. The summed E-state index contributed by atoms with van der Waals surface area (Å²) in [6, 6.07) is 81.9. The Morgan fingerprint density at radius 1 is 0.344 bits per heavy atom. The van der Waals surface area contributed by atoms with Crippen molar-refractivity contribution in [2.45, 2.75) is 5.41 Å². The zero-order valence-corrected chi connectivity index (χ0v) is 33.2. The van der Waals surface area contributed by atoms with Crippen LogP contribution in [0.25, 0.3) is 33.2 Å². The zero-order chi connectivity index (χ0) is 40.3. The van der Waals surface area contributed by atoms with Crippen LogP contribution < -0.4 is 14.5 Å². The molecule has 1 unspecified atom stereocenters. The van der Waals surface area contributed by atoms with Gasteiger partial charge in [-0.3, -0.25) is 0 Å². The first-order valence-corrected chi connectivity index (χ1v) is 20.8. The van der Waals surface area contributed by atoms with Crippen LogP contribution in [0.1, 0.15) is 22.5 Å². The van der Waals surface area contributed by atoms with E-state index in [0.29, 0.717) is 0 Å². The lowest BCUT2D eigenvalue weighted by Crippen LogP contribution is -2.31. The van der Waals surface area contributed by atoms with Gasteiger partial charge in [-0.1, -0.05) is 140 Å². The number of rotatable bonds is 7. The highest BCUT2D eigenvalue weighted by Gasteiger charge is 2.54. The molecule has 2 aliphatic rings. The Kier molecular flexibility index (Phi) is 8.04. The number of hydrogen-bond donors (Lipinski definition) is 0. The van der Waals surface area contributed by atoms with E-state index in [1.807, 2.05) is 12.1 Å². The summed E-state index contributed by atoms with van der Waals surface area (Å²) in [5.41, 5.74) is 14.3. The molecule has 0 saturated carbocycles. The molecule has 0 amide bonds. The fourth-order valence-electron chi connectivity index (χ4n) is 9.66. The quantitative estimate of drug-likeness (QED) is 0.161. The number of benzene rings is 9. The van der Waals surface area contributed by atoms with Crippen molar-refractivity contribution >= 4 is 45.1 Å². The summed E-state index contributed by atoms with van der Waals surface area (Å²) >= 11 is 0. The molecule has 1 spiro atoms. The van der Waals surface area contributed by atoms with E-state index in [0.717, 1.165) is 95.7 Å². The van der Waals surface area contributed by atoms with Crippen LogP contribution in [0.2, 0.25) is 0 Å². The van der Waals surface area contributed by atoms with Crippen LogP contribution in [0.15, 0.2) is 235 Å². The average Bonchev–Trinajstić information content (AvgIpc) is 3.84. The summed E-state index contributed by atoms with van der Waals surface area (Å²) in [6.07, 6.45) is 0. The SMILES string of the molecule is c1ccc(-c2cccc(N(c3ccccc3)c3ccc4c(c3)C3(c5ccccc5Oc5c3oc3ccccc53)c3cc(N(c5ccccc5)c5ccccc5)ccc3-4)c2)cc1. The van der Waals surface area contributed by atoms with Crippen molar-refractivity contribution in [1.82, 2.24) is 0 Å². The summed E-state index contributed by atoms with van der Waals surface area (Å²) in [5, 5.41) is 0.951.